The fourth-order valence-electron chi connectivity index (χ4n) is 1.75. The number of nitrogens with one attached hydrogen (secondary N) is 1. The number of rotatable bonds is 5. The molecule has 0 aliphatic rings. The van der Waals surface area contributed by atoms with Gasteiger partial charge in [0.2, 0.25) is 11.9 Å². The van der Waals surface area contributed by atoms with E-state index >= 15 is 0 Å². The Morgan fingerprint density at radius 2 is 1.90 bits per heavy atom. The Labute approximate surface area is 125 Å². The number of hydrogen-bond acceptors (Lipinski definition) is 6. The van der Waals surface area contributed by atoms with Crippen LogP contribution in [0.25, 0.3) is 0 Å². The molecule has 112 valence electrons. The highest BCUT2D eigenvalue weighted by molar-refractivity contribution is 5.38. The summed E-state index contributed by atoms with van der Waals surface area (Å²) in [4.78, 5) is 14.6. The standard InChI is InChI=1S/C15H21N5O/c1-10(2)11-7-6-8-12(9-11)21-15-18-13(16-3)17-14(19-15)20(4)5/h6-10H,1-5H3,(H,16,17,18,19). The Morgan fingerprint density at radius 3 is 2.52 bits per heavy atom. The minimum atomic E-state index is 0.277. The van der Waals surface area contributed by atoms with Gasteiger partial charge in [0.1, 0.15) is 5.75 Å². The smallest absolute Gasteiger partial charge is 0.328 e. The van der Waals surface area contributed by atoms with Crippen LogP contribution in [0.2, 0.25) is 0 Å². The summed E-state index contributed by atoms with van der Waals surface area (Å²) in [6.45, 7) is 4.29. The maximum absolute atomic E-state index is 5.77. The van der Waals surface area contributed by atoms with Crippen LogP contribution in [-0.2, 0) is 0 Å². The molecule has 0 amide bonds. The van der Waals surface area contributed by atoms with Crippen LogP contribution in [0.3, 0.4) is 0 Å². The predicted molar refractivity (Wildman–Crippen MR) is 84.3 cm³/mol. The van der Waals surface area contributed by atoms with Crippen LogP contribution in [0, 0.1) is 0 Å². The van der Waals surface area contributed by atoms with Crippen molar-refractivity contribution < 1.29 is 4.74 Å². The molecule has 0 radical (unpaired) electrons. The SMILES string of the molecule is CNc1nc(Oc2cccc(C(C)C)c2)nc(N(C)C)n1. The lowest BCUT2D eigenvalue weighted by Gasteiger charge is -2.13. The number of anilines is 2. The molecule has 0 bridgehead atoms. The second kappa shape index (κ2) is 6.39. The van der Waals surface area contributed by atoms with Crippen molar-refractivity contribution in [3.8, 4) is 11.8 Å². The van der Waals surface area contributed by atoms with Gasteiger partial charge in [0.15, 0.2) is 0 Å². The molecule has 0 spiro atoms. The molecule has 1 aromatic heterocycles. The van der Waals surface area contributed by atoms with Gasteiger partial charge in [-0.2, -0.15) is 15.0 Å². The fraction of sp³-hybridized carbons (Fsp3) is 0.400. The molecule has 1 heterocycles. The van der Waals surface area contributed by atoms with E-state index in [1.54, 1.807) is 11.9 Å². The average Bonchev–Trinajstić information content (AvgIpc) is 2.47. The van der Waals surface area contributed by atoms with E-state index in [1.807, 2.05) is 32.3 Å². The average molecular weight is 287 g/mol. The summed E-state index contributed by atoms with van der Waals surface area (Å²) < 4.78 is 5.77. The lowest BCUT2D eigenvalue weighted by molar-refractivity contribution is 0.440. The monoisotopic (exact) mass is 287 g/mol. The molecule has 0 aliphatic carbocycles. The molecule has 1 N–H and O–H groups in total. The van der Waals surface area contributed by atoms with Crippen molar-refractivity contribution in [3.63, 3.8) is 0 Å². The molecule has 2 rings (SSSR count). The fourth-order valence-corrected chi connectivity index (χ4v) is 1.75. The molecule has 2 aromatic rings. The van der Waals surface area contributed by atoms with E-state index < -0.39 is 0 Å². The highest BCUT2D eigenvalue weighted by atomic mass is 16.5. The topological polar surface area (TPSA) is 63.2 Å². The Morgan fingerprint density at radius 1 is 1.14 bits per heavy atom. The second-order valence-electron chi connectivity index (χ2n) is 5.22. The predicted octanol–water partition coefficient (Wildman–Crippen LogP) is 2.90. The summed E-state index contributed by atoms with van der Waals surface area (Å²) in [5.41, 5.74) is 1.21. The minimum Gasteiger partial charge on any atom is -0.424 e. The van der Waals surface area contributed by atoms with E-state index in [0.29, 0.717) is 17.8 Å². The number of benzene rings is 1. The third-order valence-electron chi connectivity index (χ3n) is 2.96. The van der Waals surface area contributed by atoms with E-state index in [1.165, 1.54) is 5.56 Å². The second-order valence-corrected chi connectivity index (χ2v) is 5.22. The lowest BCUT2D eigenvalue weighted by Crippen LogP contribution is -2.15. The van der Waals surface area contributed by atoms with Gasteiger partial charge in [0.05, 0.1) is 0 Å². The Bertz CT molecular complexity index is 613. The zero-order valence-corrected chi connectivity index (χ0v) is 13.1. The molecule has 0 atom stereocenters. The summed E-state index contributed by atoms with van der Waals surface area (Å²) in [7, 11) is 5.51. The highest BCUT2D eigenvalue weighted by Gasteiger charge is 2.10. The summed E-state index contributed by atoms with van der Waals surface area (Å²) in [6.07, 6.45) is 0. The summed E-state index contributed by atoms with van der Waals surface area (Å²) in [5.74, 6) is 2.18. The Kier molecular flexibility index (Phi) is 4.57. The van der Waals surface area contributed by atoms with Gasteiger partial charge in [-0.25, -0.2) is 0 Å². The molecule has 1 aromatic carbocycles. The zero-order chi connectivity index (χ0) is 15.4. The molecule has 0 saturated heterocycles. The first-order valence-electron chi connectivity index (χ1n) is 6.88. The number of hydrogen-bond donors (Lipinski definition) is 1. The van der Waals surface area contributed by atoms with Gasteiger partial charge in [-0.1, -0.05) is 26.0 Å². The van der Waals surface area contributed by atoms with Gasteiger partial charge in [-0.15, -0.1) is 0 Å². The van der Waals surface area contributed by atoms with E-state index in [4.69, 9.17) is 4.74 Å². The van der Waals surface area contributed by atoms with Crippen LogP contribution in [0.15, 0.2) is 24.3 Å². The van der Waals surface area contributed by atoms with Crippen molar-refractivity contribution in [1.29, 1.82) is 0 Å². The molecule has 21 heavy (non-hydrogen) atoms. The maximum atomic E-state index is 5.77. The van der Waals surface area contributed by atoms with Gasteiger partial charge in [-0.3, -0.25) is 0 Å². The summed E-state index contributed by atoms with van der Waals surface area (Å²) in [5, 5.41) is 2.91. The number of ether oxygens (including phenoxy) is 1. The van der Waals surface area contributed by atoms with Crippen LogP contribution < -0.4 is 15.0 Å². The van der Waals surface area contributed by atoms with Gasteiger partial charge in [-0.05, 0) is 23.6 Å². The van der Waals surface area contributed by atoms with E-state index in [-0.39, 0.29) is 6.01 Å². The van der Waals surface area contributed by atoms with Crippen LogP contribution >= 0.6 is 0 Å². The summed E-state index contributed by atoms with van der Waals surface area (Å²) >= 11 is 0. The van der Waals surface area contributed by atoms with E-state index in [0.717, 1.165) is 5.75 Å². The highest BCUT2D eigenvalue weighted by Crippen LogP contribution is 2.24. The molecule has 6 nitrogen and oxygen atoms in total. The Balaban J connectivity index is 2.30. The number of nitrogens with zero attached hydrogens (tertiary/aromatic N) is 4. The molecular formula is C15H21N5O. The van der Waals surface area contributed by atoms with Crippen molar-refractivity contribution in [3.05, 3.63) is 29.8 Å². The van der Waals surface area contributed by atoms with Crippen molar-refractivity contribution in [1.82, 2.24) is 15.0 Å². The lowest BCUT2D eigenvalue weighted by atomic mass is 10.0. The molecule has 0 fully saturated rings. The van der Waals surface area contributed by atoms with Gasteiger partial charge >= 0.3 is 6.01 Å². The first-order chi connectivity index (χ1) is 9.99. The van der Waals surface area contributed by atoms with Crippen LogP contribution in [0.4, 0.5) is 11.9 Å². The van der Waals surface area contributed by atoms with Crippen LogP contribution in [0.5, 0.6) is 11.8 Å². The summed E-state index contributed by atoms with van der Waals surface area (Å²) in [6, 6.07) is 8.22. The molecule has 0 unspecified atom stereocenters. The quantitative estimate of drug-likeness (QED) is 0.912. The minimum absolute atomic E-state index is 0.277. The molecule has 0 aliphatic heterocycles. The molecule has 6 heteroatoms. The first-order valence-corrected chi connectivity index (χ1v) is 6.88. The maximum Gasteiger partial charge on any atom is 0.328 e. The normalized spacial score (nSPS) is 10.6. The van der Waals surface area contributed by atoms with Gasteiger partial charge in [0, 0.05) is 21.1 Å². The third kappa shape index (κ3) is 3.81. The van der Waals surface area contributed by atoms with E-state index in [2.05, 4.69) is 40.2 Å². The number of aromatic nitrogens is 3. The van der Waals surface area contributed by atoms with Crippen LogP contribution in [-0.4, -0.2) is 36.1 Å². The van der Waals surface area contributed by atoms with Crippen molar-refractivity contribution in [2.24, 2.45) is 0 Å². The van der Waals surface area contributed by atoms with Crippen molar-refractivity contribution in [2.45, 2.75) is 19.8 Å². The van der Waals surface area contributed by atoms with Crippen LogP contribution in [0.1, 0.15) is 25.3 Å². The van der Waals surface area contributed by atoms with E-state index in [9.17, 15) is 0 Å². The zero-order valence-electron chi connectivity index (χ0n) is 13.1. The molecule has 0 saturated carbocycles. The Hall–Kier alpha value is -2.37. The van der Waals surface area contributed by atoms with Crippen molar-refractivity contribution >= 4 is 11.9 Å². The largest absolute Gasteiger partial charge is 0.424 e. The third-order valence-corrected chi connectivity index (χ3v) is 2.96. The van der Waals surface area contributed by atoms with Crippen molar-refractivity contribution in [2.75, 3.05) is 31.4 Å². The first kappa shape index (κ1) is 15.0. The van der Waals surface area contributed by atoms with Gasteiger partial charge in [0.25, 0.3) is 0 Å². The van der Waals surface area contributed by atoms with Gasteiger partial charge < -0.3 is 15.0 Å². The molecular weight excluding hydrogens is 266 g/mol.